The van der Waals surface area contributed by atoms with Crippen LogP contribution in [-0.4, -0.2) is 10.8 Å². The van der Waals surface area contributed by atoms with Crippen molar-refractivity contribution in [2.75, 3.05) is 5.32 Å². The molecule has 2 aromatic rings. The summed E-state index contributed by atoms with van der Waals surface area (Å²) in [5, 5.41) is 14.3. The van der Waals surface area contributed by atoms with Gasteiger partial charge in [0.05, 0.1) is 4.92 Å². The molecule has 7 heteroatoms. The second-order valence-electron chi connectivity index (χ2n) is 4.33. The minimum Gasteiger partial charge on any atom is -0.321 e. The number of nitrogens with one attached hydrogen (secondary N) is 1. The molecule has 0 aliphatic heterocycles. The van der Waals surface area contributed by atoms with Crippen molar-refractivity contribution in [2.45, 2.75) is 6.92 Å². The Morgan fingerprint density at radius 3 is 2.43 bits per heavy atom. The van der Waals surface area contributed by atoms with Crippen LogP contribution in [0.25, 0.3) is 0 Å². The van der Waals surface area contributed by atoms with Gasteiger partial charge < -0.3 is 5.32 Å². The second-order valence-corrected chi connectivity index (χ2v) is 5.20. The maximum absolute atomic E-state index is 12.2. The molecule has 0 aliphatic carbocycles. The Balaban J connectivity index is 2.37. The molecule has 0 aromatic heterocycles. The summed E-state index contributed by atoms with van der Waals surface area (Å²) in [6, 6.07) is 8.90. The maximum Gasteiger partial charge on any atom is 0.283 e. The highest BCUT2D eigenvalue weighted by molar-refractivity contribution is 6.31. The minimum absolute atomic E-state index is 0.0659. The van der Waals surface area contributed by atoms with Crippen LogP contribution in [0.3, 0.4) is 0 Å². The molecular weight excluding hydrogens is 315 g/mol. The van der Waals surface area contributed by atoms with Gasteiger partial charge in [0.25, 0.3) is 11.6 Å². The van der Waals surface area contributed by atoms with Crippen molar-refractivity contribution in [1.82, 2.24) is 0 Å². The SMILES string of the molecule is Cc1ccc(Cl)cc1NC(=O)c1ccc(Cl)cc1[N+](=O)[O-]. The third-order valence-corrected chi connectivity index (χ3v) is 3.32. The molecule has 0 saturated carbocycles. The van der Waals surface area contributed by atoms with E-state index in [4.69, 9.17) is 23.2 Å². The smallest absolute Gasteiger partial charge is 0.283 e. The zero-order valence-corrected chi connectivity index (χ0v) is 12.4. The van der Waals surface area contributed by atoms with E-state index in [2.05, 4.69) is 5.32 Å². The van der Waals surface area contributed by atoms with Gasteiger partial charge in [-0.25, -0.2) is 0 Å². The topological polar surface area (TPSA) is 72.2 Å². The zero-order chi connectivity index (χ0) is 15.6. The standard InChI is InChI=1S/C14H10Cl2N2O3/c1-8-2-3-9(15)6-12(8)17-14(19)11-5-4-10(16)7-13(11)18(20)21/h2-7H,1H3,(H,17,19). The fourth-order valence-electron chi connectivity index (χ4n) is 1.77. The molecule has 0 unspecified atom stereocenters. The highest BCUT2D eigenvalue weighted by Crippen LogP contribution is 2.26. The quantitative estimate of drug-likeness (QED) is 0.669. The number of rotatable bonds is 3. The summed E-state index contributed by atoms with van der Waals surface area (Å²) in [4.78, 5) is 22.6. The van der Waals surface area contributed by atoms with Crippen molar-refractivity contribution < 1.29 is 9.72 Å². The van der Waals surface area contributed by atoms with Crippen LogP contribution in [0.1, 0.15) is 15.9 Å². The minimum atomic E-state index is -0.647. The average Bonchev–Trinajstić information content (AvgIpc) is 2.42. The number of nitrogens with zero attached hydrogens (tertiary/aromatic N) is 1. The molecule has 0 aliphatic rings. The number of nitro benzene ring substituents is 1. The molecule has 0 fully saturated rings. The number of hydrogen-bond donors (Lipinski definition) is 1. The summed E-state index contributed by atoms with van der Waals surface area (Å²) in [7, 11) is 0. The van der Waals surface area contributed by atoms with Crippen molar-refractivity contribution in [3.05, 3.63) is 67.7 Å². The first kappa shape index (κ1) is 15.3. The van der Waals surface area contributed by atoms with Crippen LogP contribution >= 0.6 is 23.2 Å². The molecule has 0 bridgehead atoms. The van der Waals surface area contributed by atoms with Gasteiger partial charge in [0.15, 0.2) is 0 Å². The Hall–Kier alpha value is -2.11. The molecule has 0 saturated heterocycles. The van der Waals surface area contributed by atoms with Crippen LogP contribution in [0.2, 0.25) is 10.0 Å². The number of halogens is 2. The molecule has 2 rings (SSSR count). The molecule has 0 spiro atoms. The molecule has 108 valence electrons. The zero-order valence-electron chi connectivity index (χ0n) is 10.9. The van der Waals surface area contributed by atoms with Crippen molar-refractivity contribution in [3.63, 3.8) is 0 Å². The highest BCUT2D eigenvalue weighted by atomic mass is 35.5. The summed E-state index contributed by atoms with van der Waals surface area (Å²) in [6.45, 7) is 1.79. The number of aryl methyl sites for hydroxylation is 1. The Labute approximate surface area is 130 Å². The molecule has 1 amide bonds. The van der Waals surface area contributed by atoms with Crippen LogP contribution < -0.4 is 5.32 Å². The number of nitro groups is 1. The molecule has 0 heterocycles. The number of carbonyl (C=O) groups is 1. The molecule has 0 atom stereocenters. The maximum atomic E-state index is 12.2. The van der Waals surface area contributed by atoms with E-state index in [9.17, 15) is 14.9 Å². The van der Waals surface area contributed by atoms with Gasteiger partial charge in [-0.1, -0.05) is 29.3 Å². The third kappa shape index (κ3) is 3.51. The van der Waals surface area contributed by atoms with E-state index in [-0.39, 0.29) is 16.3 Å². The van der Waals surface area contributed by atoms with Gasteiger partial charge in [0, 0.05) is 21.8 Å². The third-order valence-electron chi connectivity index (χ3n) is 2.85. The first-order valence-corrected chi connectivity index (χ1v) is 6.65. The molecule has 21 heavy (non-hydrogen) atoms. The monoisotopic (exact) mass is 324 g/mol. The van der Waals surface area contributed by atoms with Crippen LogP contribution in [0.4, 0.5) is 11.4 Å². The Morgan fingerprint density at radius 1 is 1.14 bits per heavy atom. The van der Waals surface area contributed by atoms with Crippen LogP contribution in [0.5, 0.6) is 0 Å². The molecular formula is C14H10Cl2N2O3. The van der Waals surface area contributed by atoms with E-state index >= 15 is 0 Å². The summed E-state index contributed by atoms with van der Waals surface area (Å²) in [5.74, 6) is -0.594. The fraction of sp³-hybridized carbons (Fsp3) is 0.0714. The number of benzene rings is 2. The van der Waals surface area contributed by atoms with E-state index in [1.165, 1.54) is 12.1 Å². The van der Waals surface area contributed by atoms with Gasteiger partial charge in [-0.05, 0) is 36.8 Å². The van der Waals surface area contributed by atoms with Crippen molar-refractivity contribution >= 4 is 40.5 Å². The van der Waals surface area contributed by atoms with E-state index in [1.54, 1.807) is 25.1 Å². The van der Waals surface area contributed by atoms with Crippen LogP contribution in [0, 0.1) is 17.0 Å². The van der Waals surface area contributed by atoms with E-state index in [0.29, 0.717) is 10.7 Å². The number of amides is 1. The molecule has 0 radical (unpaired) electrons. The lowest BCUT2D eigenvalue weighted by Gasteiger charge is -2.09. The summed E-state index contributed by atoms with van der Waals surface area (Å²) in [5.41, 5.74) is 0.879. The van der Waals surface area contributed by atoms with Crippen molar-refractivity contribution in [2.24, 2.45) is 0 Å². The number of anilines is 1. The lowest BCUT2D eigenvalue weighted by atomic mass is 10.1. The largest absolute Gasteiger partial charge is 0.321 e. The van der Waals surface area contributed by atoms with Crippen LogP contribution in [0.15, 0.2) is 36.4 Å². The number of carbonyl (C=O) groups excluding carboxylic acids is 1. The second kappa shape index (κ2) is 6.11. The predicted molar refractivity (Wildman–Crippen MR) is 82.2 cm³/mol. The lowest BCUT2D eigenvalue weighted by molar-refractivity contribution is -0.385. The Kier molecular flexibility index (Phi) is 4.45. The summed E-state index contributed by atoms with van der Waals surface area (Å²) >= 11 is 11.6. The summed E-state index contributed by atoms with van der Waals surface area (Å²) in [6.07, 6.45) is 0. The van der Waals surface area contributed by atoms with Gasteiger partial charge in [-0.3, -0.25) is 14.9 Å². The Bertz CT molecular complexity index is 732. The molecule has 1 N–H and O–H groups in total. The van der Waals surface area contributed by atoms with E-state index in [0.717, 1.165) is 11.6 Å². The highest BCUT2D eigenvalue weighted by Gasteiger charge is 2.21. The Morgan fingerprint density at radius 2 is 1.76 bits per heavy atom. The molecule has 5 nitrogen and oxygen atoms in total. The van der Waals surface area contributed by atoms with E-state index in [1.807, 2.05) is 0 Å². The van der Waals surface area contributed by atoms with Gasteiger partial charge >= 0.3 is 0 Å². The number of hydrogen-bond acceptors (Lipinski definition) is 3. The normalized spacial score (nSPS) is 10.2. The fourth-order valence-corrected chi connectivity index (χ4v) is 2.10. The first-order chi connectivity index (χ1) is 9.88. The average molecular weight is 325 g/mol. The van der Waals surface area contributed by atoms with Gasteiger partial charge in [-0.2, -0.15) is 0 Å². The van der Waals surface area contributed by atoms with Crippen molar-refractivity contribution in [1.29, 1.82) is 0 Å². The molecule has 2 aromatic carbocycles. The van der Waals surface area contributed by atoms with Crippen molar-refractivity contribution in [3.8, 4) is 0 Å². The van der Waals surface area contributed by atoms with Crippen LogP contribution in [-0.2, 0) is 0 Å². The van der Waals surface area contributed by atoms with E-state index < -0.39 is 10.8 Å². The predicted octanol–water partition coefficient (Wildman–Crippen LogP) is 4.46. The lowest BCUT2D eigenvalue weighted by Crippen LogP contribution is -2.14. The van der Waals surface area contributed by atoms with Gasteiger partial charge in [-0.15, -0.1) is 0 Å². The van der Waals surface area contributed by atoms with Gasteiger partial charge in [0.1, 0.15) is 5.56 Å². The first-order valence-electron chi connectivity index (χ1n) is 5.90. The van der Waals surface area contributed by atoms with Gasteiger partial charge in [0.2, 0.25) is 0 Å². The summed E-state index contributed by atoms with van der Waals surface area (Å²) < 4.78 is 0.